The maximum absolute atomic E-state index is 12.7. The quantitative estimate of drug-likeness (QED) is 0.461. The Morgan fingerprint density at radius 2 is 1.97 bits per heavy atom. The van der Waals surface area contributed by atoms with Crippen molar-refractivity contribution in [1.82, 2.24) is 4.98 Å². The summed E-state index contributed by atoms with van der Waals surface area (Å²) in [5, 5.41) is 9.99. The van der Waals surface area contributed by atoms with E-state index >= 15 is 0 Å². The molecule has 0 aliphatic heterocycles. The summed E-state index contributed by atoms with van der Waals surface area (Å²) in [6, 6.07) is 7.01. The van der Waals surface area contributed by atoms with Crippen molar-refractivity contribution in [3.8, 4) is 11.6 Å². The Morgan fingerprint density at radius 1 is 1.28 bits per heavy atom. The molecule has 1 aliphatic carbocycles. The average Bonchev–Trinajstić information content (AvgIpc) is 2.68. The molecule has 32 heavy (non-hydrogen) atoms. The van der Waals surface area contributed by atoms with Gasteiger partial charge in [0, 0.05) is 25.3 Å². The Hall–Kier alpha value is -2.87. The van der Waals surface area contributed by atoms with Crippen LogP contribution in [-0.2, 0) is 11.0 Å². The summed E-state index contributed by atoms with van der Waals surface area (Å²) in [6.45, 7) is 4.16. The summed E-state index contributed by atoms with van der Waals surface area (Å²) in [5.41, 5.74) is -0.253. The molecule has 1 heterocycles. The molecule has 2 aromatic rings. The highest BCUT2D eigenvalue weighted by molar-refractivity contribution is 6.31. The molecule has 5 nitrogen and oxygen atoms in total. The van der Waals surface area contributed by atoms with Crippen LogP contribution in [0.4, 0.5) is 18.9 Å². The van der Waals surface area contributed by atoms with Crippen LogP contribution in [0.3, 0.4) is 0 Å². The number of allylic oxidation sites excluding steroid dienone is 2. The molecule has 0 amide bonds. The van der Waals surface area contributed by atoms with Gasteiger partial charge < -0.3 is 9.84 Å². The van der Waals surface area contributed by atoms with Crippen LogP contribution in [0.2, 0.25) is 5.02 Å². The van der Waals surface area contributed by atoms with E-state index in [-0.39, 0.29) is 33.9 Å². The number of halogens is 4. The number of alkyl halides is 3. The number of ether oxygens (including phenoxy) is 1. The molecular weight excluding hydrogens is 445 g/mol. The molecular formula is C23H22ClF3N2O3. The standard InChI is InChI=1S/C23H22ClF3N2O3/c1-13(2)7-14-8-20(30)18(21(31)9-14)12-28-16-3-5-17(6-4-16)32-22-19(24)10-15(11-29-22)23(25,26)27/h3-6,10-14,30H,7-9H2,1-2H3. The normalized spacial score (nSPS) is 17.5. The van der Waals surface area contributed by atoms with Crippen molar-refractivity contribution in [2.45, 2.75) is 39.3 Å². The molecule has 0 saturated carbocycles. The smallest absolute Gasteiger partial charge is 0.417 e. The van der Waals surface area contributed by atoms with E-state index in [1.165, 1.54) is 18.3 Å². The van der Waals surface area contributed by atoms with Gasteiger partial charge in [-0.15, -0.1) is 0 Å². The molecule has 0 radical (unpaired) electrons. The molecule has 1 atom stereocenters. The molecule has 9 heteroatoms. The highest BCUT2D eigenvalue weighted by Gasteiger charge is 2.32. The van der Waals surface area contributed by atoms with Crippen molar-refractivity contribution < 1.29 is 27.8 Å². The van der Waals surface area contributed by atoms with Crippen LogP contribution >= 0.6 is 11.6 Å². The van der Waals surface area contributed by atoms with Crippen LogP contribution in [-0.4, -0.2) is 22.1 Å². The lowest BCUT2D eigenvalue weighted by atomic mass is 9.82. The molecule has 0 spiro atoms. The van der Waals surface area contributed by atoms with Gasteiger partial charge in [-0.2, -0.15) is 13.2 Å². The highest BCUT2D eigenvalue weighted by Crippen LogP contribution is 2.35. The third kappa shape index (κ3) is 6.09. The van der Waals surface area contributed by atoms with Gasteiger partial charge in [-0.1, -0.05) is 25.4 Å². The number of Topliss-reactive ketones (excluding diaryl/α,β-unsaturated/α-hetero) is 1. The Bertz CT molecular complexity index is 1050. The predicted molar refractivity (Wildman–Crippen MR) is 116 cm³/mol. The zero-order chi connectivity index (χ0) is 23.5. The van der Waals surface area contributed by atoms with Crippen LogP contribution in [0.1, 0.15) is 38.7 Å². The lowest BCUT2D eigenvalue weighted by Crippen LogP contribution is -2.21. The fraction of sp³-hybridized carbons (Fsp3) is 0.348. The van der Waals surface area contributed by atoms with Gasteiger partial charge in [0.15, 0.2) is 5.78 Å². The molecule has 0 fully saturated rings. The van der Waals surface area contributed by atoms with E-state index in [4.69, 9.17) is 16.3 Å². The highest BCUT2D eigenvalue weighted by atomic mass is 35.5. The fourth-order valence-corrected chi connectivity index (χ4v) is 3.68. The summed E-state index contributed by atoms with van der Waals surface area (Å²) in [4.78, 5) is 20.2. The Balaban J connectivity index is 1.67. The third-order valence-electron chi connectivity index (χ3n) is 4.90. The number of aliphatic hydroxyl groups is 1. The molecule has 3 rings (SSSR count). The summed E-state index contributed by atoms with van der Waals surface area (Å²) in [5.74, 6) is 0.649. The van der Waals surface area contributed by atoms with Crippen LogP contribution in [0.5, 0.6) is 11.6 Å². The van der Waals surface area contributed by atoms with Crippen LogP contribution in [0.15, 0.2) is 52.9 Å². The van der Waals surface area contributed by atoms with Gasteiger partial charge in [0.25, 0.3) is 0 Å². The predicted octanol–water partition coefficient (Wildman–Crippen LogP) is 7.09. The minimum atomic E-state index is -4.55. The van der Waals surface area contributed by atoms with E-state index < -0.39 is 11.7 Å². The van der Waals surface area contributed by atoms with E-state index in [0.29, 0.717) is 36.4 Å². The van der Waals surface area contributed by atoms with Gasteiger partial charge in [-0.3, -0.25) is 9.79 Å². The van der Waals surface area contributed by atoms with Gasteiger partial charge in [-0.25, -0.2) is 4.98 Å². The van der Waals surface area contributed by atoms with E-state index in [2.05, 4.69) is 23.8 Å². The number of aliphatic imine (C=N–C) groups is 1. The minimum absolute atomic E-state index is 0.0543. The number of aliphatic hydroxyl groups excluding tert-OH is 1. The van der Waals surface area contributed by atoms with Crippen molar-refractivity contribution in [3.05, 3.63) is 58.4 Å². The number of pyridine rings is 1. The first-order chi connectivity index (χ1) is 15.0. The number of hydrogen-bond acceptors (Lipinski definition) is 5. The molecule has 1 N–H and O–H groups in total. The first-order valence-corrected chi connectivity index (χ1v) is 10.4. The van der Waals surface area contributed by atoms with E-state index in [0.717, 1.165) is 12.5 Å². The van der Waals surface area contributed by atoms with Gasteiger partial charge in [0.2, 0.25) is 5.88 Å². The minimum Gasteiger partial charge on any atom is -0.511 e. The second-order valence-corrected chi connectivity index (χ2v) is 8.46. The second kappa shape index (κ2) is 9.73. The first kappa shape index (κ1) is 23.8. The lowest BCUT2D eigenvalue weighted by molar-refractivity contribution is -0.137. The van der Waals surface area contributed by atoms with Gasteiger partial charge in [-0.05, 0) is 48.6 Å². The molecule has 1 aromatic carbocycles. The number of nitrogens with zero attached hydrogens (tertiary/aromatic N) is 2. The van der Waals surface area contributed by atoms with E-state index in [9.17, 15) is 23.1 Å². The number of aromatic nitrogens is 1. The van der Waals surface area contributed by atoms with Crippen molar-refractivity contribution in [2.24, 2.45) is 16.8 Å². The summed E-state index contributed by atoms with van der Waals surface area (Å²) < 4.78 is 43.5. The molecule has 1 unspecified atom stereocenters. The number of carbonyl (C=O) groups is 1. The molecule has 170 valence electrons. The lowest BCUT2D eigenvalue weighted by Gasteiger charge is -2.23. The summed E-state index contributed by atoms with van der Waals surface area (Å²) >= 11 is 5.85. The van der Waals surface area contributed by atoms with E-state index in [1.807, 2.05) is 0 Å². The topological polar surface area (TPSA) is 71.8 Å². The van der Waals surface area contributed by atoms with Crippen molar-refractivity contribution >= 4 is 29.3 Å². The Morgan fingerprint density at radius 3 is 2.53 bits per heavy atom. The maximum Gasteiger partial charge on any atom is 0.417 e. The SMILES string of the molecule is CC(C)CC1CC(=O)C(C=Nc2ccc(Oc3ncc(C(F)(F)F)cc3Cl)cc2)=C(O)C1. The average molecular weight is 467 g/mol. The summed E-state index contributed by atoms with van der Waals surface area (Å²) in [6.07, 6.45) is -0.830. The van der Waals surface area contributed by atoms with E-state index in [1.54, 1.807) is 12.1 Å². The third-order valence-corrected chi connectivity index (χ3v) is 5.17. The van der Waals surface area contributed by atoms with Gasteiger partial charge in [0.05, 0.1) is 16.8 Å². The number of hydrogen-bond donors (Lipinski definition) is 1. The number of ketones is 1. The zero-order valence-electron chi connectivity index (χ0n) is 17.5. The van der Waals surface area contributed by atoms with Crippen molar-refractivity contribution in [2.75, 3.05) is 0 Å². The second-order valence-electron chi connectivity index (χ2n) is 8.05. The maximum atomic E-state index is 12.7. The Labute approximate surface area is 188 Å². The van der Waals surface area contributed by atoms with Crippen LogP contribution < -0.4 is 4.74 Å². The molecule has 0 bridgehead atoms. The fourth-order valence-electron chi connectivity index (χ4n) is 3.47. The van der Waals surface area contributed by atoms with Crippen LogP contribution in [0, 0.1) is 11.8 Å². The van der Waals surface area contributed by atoms with Gasteiger partial charge >= 0.3 is 6.18 Å². The number of benzene rings is 1. The zero-order valence-corrected chi connectivity index (χ0v) is 18.2. The monoisotopic (exact) mass is 466 g/mol. The molecule has 0 saturated heterocycles. The summed E-state index contributed by atoms with van der Waals surface area (Å²) in [7, 11) is 0. The first-order valence-electron chi connectivity index (χ1n) is 10.0. The molecule has 1 aliphatic rings. The van der Waals surface area contributed by atoms with Crippen molar-refractivity contribution in [3.63, 3.8) is 0 Å². The molecule has 1 aromatic heterocycles. The largest absolute Gasteiger partial charge is 0.511 e. The van der Waals surface area contributed by atoms with Crippen LogP contribution in [0.25, 0.3) is 0 Å². The van der Waals surface area contributed by atoms with Gasteiger partial charge in [0.1, 0.15) is 16.5 Å². The van der Waals surface area contributed by atoms with Crippen molar-refractivity contribution in [1.29, 1.82) is 0 Å². The number of rotatable bonds is 6. The number of carbonyl (C=O) groups excluding carboxylic acids is 1. The Kier molecular flexibility index (Phi) is 7.23.